The Balaban J connectivity index is 1.62. The highest BCUT2D eigenvalue weighted by Gasteiger charge is 2.38. The molecule has 0 radical (unpaired) electrons. The summed E-state index contributed by atoms with van der Waals surface area (Å²) < 4.78 is 0. The molecule has 0 aromatic heterocycles. The van der Waals surface area contributed by atoms with Crippen molar-refractivity contribution in [1.82, 2.24) is 4.90 Å². The molecule has 132 valence electrons. The van der Waals surface area contributed by atoms with Crippen LogP contribution in [0.5, 0.6) is 0 Å². The molecule has 25 heavy (non-hydrogen) atoms. The van der Waals surface area contributed by atoms with Crippen LogP contribution in [0.15, 0.2) is 35.2 Å². The van der Waals surface area contributed by atoms with Gasteiger partial charge in [0.1, 0.15) is 0 Å². The van der Waals surface area contributed by atoms with E-state index in [4.69, 9.17) is 0 Å². The lowest BCUT2D eigenvalue weighted by Gasteiger charge is -2.26. The molecular weight excluding hydrogens is 338 g/mol. The average Bonchev–Trinajstić information content (AvgIpc) is 2.85. The molecule has 7 heteroatoms. The standard InChI is InChI=1S/C18H21N3O3S/c1-13-5-7-14(8-6-13)19-16(22)11-15-17(23)21(18(24)25-15)12-20-9-3-2-4-10-20/h5-8,11H,2-4,9-10,12H2,1H3,(H,19,22)/p+1/b15-11-. The third-order valence-electron chi connectivity index (χ3n) is 4.40. The van der Waals surface area contributed by atoms with Crippen molar-refractivity contribution in [2.45, 2.75) is 26.2 Å². The summed E-state index contributed by atoms with van der Waals surface area (Å²) in [6.45, 7) is 4.32. The van der Waals surface area contributed by atoms with Gasteiger partial charge >= 0.3 is 0 Å². The van der Waals surface area contributed by atoms with Gasteiger partial charge in [0.2, 0.25) is 5.91 Å². The molecule has 1 aromatic rings. The summed E-state index contributed by atoms with van der Waals surface area (Å²) >= 11 is 0.836. The van der Waals surface area contributed by atoms with Crippen molar-refractivity contribution in [3.8, 4) is 0 Å². The number of quaternary nitrogens is 1. The van der Waals surface area contributed by atoms with Crippen molar-refractivity contribution in [3.05, 3.63) is 40.8 Å². The van der Waals surface area contributed by atoms with Crippen LogP contribution in [-0.2, 0) is 9.59 Å². The van der Waals surface area contributed by atoms with Crippen molar-refractivity contribution in [1.29, 1.82) is 0 Å². The summed E-state index contributed by atoms with van der Waals surface area (Å²) in [7, 11) is 0. The van der Waals surface area contributed by atoms with E-state index in [1.165, 1.54) is 22.3 Å². The average molecular weight is 360 g/mol. The first-order valence-corrected chi connectivity index (χ1v) is 9.31. The molecule has 0 saturated carbocycles. The molecular formula is C18H22N3O3S+. The Labute approximate surface area is 151 Å². The number of carbonyl (C=O) groups is 3. The largest absolute Gasteiger partial charge is 0.322 e. The number of rotatable bonds is 4. The van der Waals surface area contributed by atoms with Gasteiger partial charge in [-0.05, 0) is 50.1 Å². The predicted octanol–water partition coefficient (Wildman–Crippen LogP) is 1.54. The van der Waals surface area contributed by atoms with E-state index >= 15 is 0 Å². The monoisotopic (exact) mass is 360 g/mol. The second-order valence-electron chi connectivity index (χ2n) is 6.43. The van der Waals surface area contributed by atoms with Gasteiger partial charge in [0, 0.05) is 11.8 Å². The maximum atomic E-state index is 12.4. The van der Waals surface area contributed by atoms with Crippen LogP contribution in [0.4, 0.5) is 10.5 Å². The van der Waals surface area contributed by atoms with Crippen LogP contribution in [0.2, 0.25) is 0 Å². The molecule has 3 amide bonds. The number of thioether (sulfide) groups is 1. The molecule has 6 nitrogen and oxygen atoms in total. The number of hydrogen-bond acceptors (Lipinski definition) is 4. The topological polar surface area (TPSA) is 70.9 Å². The maximum absolute atomic E-state index is 12.4. The minimum absolute atomic E-state index is 0.186. The van der Waals surface area contributed by atoms with Crippen LogP contribution >= 0.6 is 11.8 Å². The fraction of sp³-hybridized carbons (Fsp3) is 0.389. The van der Waals surface area contributed by atoms with Crippen LogP contribution in [-0.4, -0.2) is 41.7 Å². The number of benzene rings is 1. The van der Waals surface area contributed by atoms with Gasteiger partial charge in [0.05, 0.1) is 18.0 Å². The fourth-order valence-electron chi connectivity index (χ4n) is 3.00. The third kappa shape index (κ3) is 4.49. The Bertz CT molecular complexity index is 709. The van der Waals surface area contributed by atoms with Gasteiger partial charge in [-0.3, -0.25) is 14.4 Å². The van der Waals surface area contributed by atoms with E-state index < -0.39 is 5.91 Å². The smallest absolute Gasteiger partial charge is 0.298 e. The number of hydrogen-bond donors (Lipinski definition) is 2. The molecule has 2 N–H and O–H groups in total. The molecule has 1 aromatic carbocycles. The van der Waals surface area contributed by atoms with Crippen molar-refractivity contribution in [3.63, 3.8) is 0 Å². The van der Waals surface area contributed by atoms with E-state index in [1.807, 2.05) is 19.1 Å². The van der Waals surface area contributed by atoms with E-state index in [1.54, 1.807) is 12.1 Å². The first-order valence-electron chi connectivity index (χ1n) is 8.49. The van der Waals surface area contributed by atoms with Gasteiger partial charge in [0.15, 0.2) is 6.67 Å². The highest BCUT2D eigenvalue weighted by Crippen LogP contribution is 2.29. The molecule has 2 saturated heterocycles. The van der Waals surface area contributed by atoms with E-state index in [2.05, 4.69) is 5.32 Å². The molecule has 2 aliphatic rings. The van der Waals surface area contributed by atoms with E-state index in [-0.39, 0.29) is 16.1 Å². The Morgan fingerprint density at radius 3 is 2.56 bits per heavy atom. The highest BCUT2D eigenvalue weighted by atomic mass is 32.2. The summed E-state index contributed by atoms with van der Waals surface area (Å²) in [4.78, 5) is 39.4. The zero-order valence-corrected chi connectivity index (χ0v) is 15.0. The van der Waals surface area contributed by atoms with Gasteiger partial charge < -0.3 is 10.2 Å². The second kappa shape index (κ2) is 7.84. The normalized spacial score (nSPS) is 20.4. The zero-order chi connectivity index (χ0) is 17.8. The SMILES string of the molecule is Cc1ccc(NC(=O)/C=C2\SC(=O)N(C[NH+]3CCCCC3)C2=O)cc1. The van der Waals surface area contributed by atoms with Crippen LogP contribution < -0.4 is 10.2 Å². The van der Waals surface area contributed by atoms with Crippen molar-refractivity contribution >= 4 is 34.5 Å². The Morgan fingerprint density at radius 1 is 1.20 bits per heavy atom. The maximum Gasteiger partial charge on any atom is 0.298 e. The van der Waals surface area contributed by atoms with Gasteiger partial charge in [-0.15, -0.1) is 0 Å². The predicted molar refractivity (Wildman–Crippen MR) is 97.1 cm³/mol. The molecule has 0 aliphatic carbocycles. The number of nitrogens with one attached hydrogen (secondary N) is 2. The van der Waals surface area contributed by atoms with Crippen molar-refractivity contribution in [2.75, 3.05) is 25.1 Å². The lowest BCUT2D eigenvalue weighted by molar-refractivity contribution is -0.912. The first kappa shape index (κ1) is 17.7. The zero-order valence-electron chi connectivity index (χ0n) is 14.2. The Morgan fingerprint density at radius 2 is 1.88 bits per heavy atom. The third-order valence-corrected chi connectivity index (χ3v) is 5.30. The summed E-state index contributed by atoms with van der Waals surface area (Å²) in [5.74, 6) is -0.771. The summed E-state index contributed by atoms with van der Waals surface area (Å²) in [6.07, 6.45) is 4.68. The molecule has 2 heterocycles. The fourth-order valence-corrected chi connectivity index (χ4v) is 3.81. The van der Waals surface area contributed by atoms with Crippen LogP contribution in [0, 0.1) is 6.92 Å². The first-order chi connectivity index (χ1) is 12.0. The van der Waals surface area contributed by atoms with Crippen LogP contribution in [0.3, 0.4) is 0 Å². The van der Waals surface area contributed by atoms with Gasteiger partial charge in [-0.25, -0.2) is 4.90 Å². The number of anilines is 1. The van der Waals surface area contributed by atoms with Crippen molar-refractivity contribution in [2.24, 2.45) is 0 Å². The Hall–Kier alpha value is -2.12. The van der Waals surface area contributed by atoms with Crippen molar-refractivity contribution < 1.29 is 19.3 Å². The molecule has 2 fully saturated rings. The van der Waals surface area contributed by atoms with Gasteiger partial charge in [-0.1, -0.05) is 17.7 Å². The summed E-state index contributed by atoms with van der Waals surface area (Å²) in [5, 5.41) is 2.42. The molecule has 2 aliphatic heterocycles. The minimum atomic E-state index is -0.403. The number of imide groups is 1. The number of amides is 3. The van der Waals surface area contributed by atoms with Crippen LogP contribution in [0.25, 0.3) is 0 Å². The second-order valence-corrected chi connectivity index (χ2v) is 7.43. The summed E-state index contributed by atoms with van der Waals surface area (Å²) in [5.41, 5.74) is 1.75. The number of aryl methyl sites for hydroxylation is 1. The molecule has 3 rings (SSSR count). The quantitative estimate of drug-likeness (QED) is 0.799. The molecule has 0 unspecified atom stereocenters. The van der Waals surface area contributed by atoms with E-state index in [0.29, 0.717) is 12.4 Å². The number of carbonyl (C=O) groups excluding carboxylic acids is 3. The Kier molecular flexibility index (Phi) is 5.55. The lowest BCUT2D eigenvalue weighted by atomic mass is 10.1. The van der Waals surface area contributed by atoms with Crippen LogP contribution in [0.1, 0.15) is 24.8 Å². The number of likely N-dealkylation sites (tertiary alicyclic amines) is 1. The lowest BCUT2D eigenvalue weighted by Crippen LogP contribution is -3.14. The minimum Gasteiger partial charge on any atom is -0.322 e. The van der Waals surface area contributed by atoms with Gasteiger partial charge in [0.25, 0.3) is 11.1 Å². The summed E-state index contributed by atoms with van der Waals surface area (Å²) in [6, 6.07) is 7.38. The van der Waals surface area contributed by atoms with E-state index in [9.17, 15) is 14.4 Å². The molecule has 0 spiro atoms. The molecule has 0 bridgehead atoms. The number of nitrogens with zero attached hydrogens (tertiary/aromatic N) is 1. The molecule has 0 atom stereocenters. The van der Waals surface area contributed by atoms with E-state index in [0.717, 1.165) is 43.3 Å². The highest BCUT2D eigenvalue weighted by molar-refractivity contribution is 8.18. The van der Waals surface area contributed by atoms with Gasteiger partial charge in [-0.2, -0.15) is 0 Å². The number of piperidine rings is 1.